The number of benzene rings is 4. The molecule has 0 atom stereocenters. The summed E-state index contributed by atoms with van der Waals surface area (Å²) in [7, 11) is 0. The second kappa shape index (κ2) is 6.89. The first-order chi connectivity index (χ1) is 15.3. The van der Waals surface area contributed by atoms with Crippen molar-refractivity contribution >= 4 is 32.6 Å². The molecule has 0 amide bonds. The highest BCUT2D eigenvalue weighted by molar-refractivity contribution is 6.05. The Bertz CT molecular complexity index is 1650. The summed E-state index contributed by atoms with van der Waals surface area (Å²) < 4.78 is 5.53. The van der Waals surface area contributed by atoms with Crippen molar-refractivity contribution in [3.8, 4) is 22.6 Å². The van der Waals surface area contributed by atoms with Crippen LogP contribution in [0.2, 0.25) is 0 Å². The molecule has 0 fully saturated rings. The summed E-state index contributed by atoms with van der Waals surface area (Å²) in [4.78, 5) is 22.4. The van der Waals surface area contributed by atoms with Crippen LogP contribution < -0.4 is 5.63 Å². The second-order valence-electron chi connectivity index (χ2n) is 7.43. The number of aromatic nitrogens is 2. The van der Waals surface area contributed by atoms with E-state index in [4.69, 9.17) is 14.4 Å². The second-order valence-corrected chi connectivity index (χ2v) is 7.43. The fraction of sp³-hybridized carbons (Fsp3) is 0. The zero-order valence-corrected chi connectivity index (χ0v) is 16.4. The van der Waals surface area contributed by atoms with Gasteiger partial charge >= 0.3 is 5.63 Å². The molecule has 4 nitrogen and oxygen atoms in total. The van der Waals surface area contributed by atoms with Crippen molar-refractivity contribution in [3.05, 3.63) is 107 Å². The van der Waals surface area contributed by atoms with Gasteiger partial charge in [0.1, 0.15) is 5.58 Å². The molecule has 0 spiro atoms. The Morgan fingerprint density at radius 2 is 1.32 bits per heavy atom. The molecule has 2 aromatic heterocycles. The molecule has 4 heteroatoms. The largest absolute Gasteiger partial charge is 0.422 e. The van der Waals surface area contributed by atoms with E-state index in [1.165, 1.54) is 0 Å². The normalized spacial score (nSPS) is 11.4. The van der Waals surface area contributed by atoms with Crippen LogP contribution in [0, 0.1) is 0 Å². The Kier molecular flexibility index (Phi) is 3.90. The number of hydrogen-bond donors (Lipinski definition) is 0. The lowest BCUT2D eigenvalue weighted by Gasteiger charge is -2.10. The number of rotatable bonds is 2. The maximum Gasteiger partial charge on any atom is 0.344 e. The molecule has 0 unspecified atom stereocenters. The van der Waals surface area contributed by atoms with Gasteiger partial charge in [-0.1, -0.05) is 78.9 Å². The molecule has 4 aromatic carbocycles. The lowest BCUT2D eigenvalue weighted by Crippen LogP contribution is -2.01. The molecule has 0 aliphatic carbocycles. The topological polar surface area (TPSA) is 56.0 Å². The lowest BCUT2D eigenvalue weighted by atomic mass is 10.0. The molecular formula is C27H16N2O2. The van der Waals surface area contributed by atoms with Gasteiger partial charge in [0.15, 0.2) is 5.82 Å². The smallest absolute Gasteiger partial charge is 0.344 e. The number of hydrogen-bond acceptors (Lipinski definition) is 4. The Labute approximate surface area is 177 Å². The number of nitrogens with zero attached hydrogens (tertiary/aromatic N) is 2. The highest BCUT2D eigenvalue weighted by Crippen LogP contribution is 2.31. The van der Waals surface area contributed by atoms with Crippen LogP contribution in [0.3, 0.4) is 0 Å². The van der Waals surface area contributed by atoms with Gasteiger partial charge in [0.05, 0.1) is 16.6 Å². The van der Waals surface area contributed by atoms with Crippen molar-refractivity contribution in [2.45, 2.75) is 0 Å². The molecule has 0 bridgehead atoms. The van der Waals surface area contributed by atoms with Crippen LogP contribution in [-0.4, -0.2) is 9.97 Å². The van der Waals surface area contributed by atoms with Gasteiger partial charge in [-0.15, -0.1) is 0 Å². The summed E-state index contributed by atoms with van der Waals surface area (Å²) in [6.07, 6.45) is 0. The van der Waals surface area contributed by atoms with Crippen LogP contribution in [0.15, 0.2) is 106 Å². The third-order valence-corrected chi connectivity index (χ3v) is 5.53. The molecule has 146 valence electrons. The van der Waals surface area contributed by atoms with Crippen LogP contribution in [0.4, 0.5) is 0 Å². The van der Waals surface area contributed by atoms with Crippen LogP contribution in [0.5, 0.6) is 0 Å². The summed E-state index contributed by atoms with van der Waals surface area (Å²) in [5.74, 6) is 0.576. The minimum absolute atomic E-state index is 0.361. The monoisotopic (exact) mass is 400 g/mol. The van der Waals surface area contributed by atoms with E-state index in [1.807, 2.05) is 97.1 Å². The van der Waals surface area contributed by atoms with Crippen molar-refractivity contribution in [2.24, 2.45) is 0 Å². The molecule has 0 aliphatic heterocycles. The Balaban J connectivity index is 1.63. The van der Waals surface area contributed by atoms with E-state index >= 15 is 0 Å². The van der Waals surface area contributed by atoms with Crippen molar-refractivity contribution in [3.63, 3.8) is 0 Å². The van der Waals surface area contributed by atoms with E-state index in [0.29, 0.717) is 16.8 Å². The summed E-state index contributed by atoms with van der Waals surface area (Å²) >= 11 is 0. The van der Waals surface area contributed by atoms with Crippen LogP contribution in [-0.2, 0) is 0 Å². The molecule has 0 radical (unpaired) electrons. The molecule has 0 N–H and O–H groups in total. The predicted molar refractivity (Wildman–Crippen MR) is 124 cm³/mol. The molecule has 31 heavy (non-hydrogen) atoms. The van der Waals surface area contributed by atoms with E-state index < -0.39 is 0 Å². The number of fused-ring (bicyclic) bond motifs is 4. The zero-order chi connectivity index (χ0) is 20.8. The minimum Gasteiger partial charge on any atom is -0.422 e. The maximum absolute atomic E-state index is 12.7. The van der Waals surface area contributed by atoms with Crippen molar-refractivity contribution < 1.29 is 4.42 Å². The summed E-state index contributed by atoms with van der Waals surface area (Å²) in [6, 6.07) is 31.3. The Morgan fingerprint density at radius 1 is 0.581 bits per heavy atom. The van der Waals surface area contributed by atoms with E-state index in [-0.39, 0.29) is 5.63 Å². The Morgan fingerprint density at radius 3 is 2.19 bits per heavy atom. The SMILES string of the molecule is O=c1oc2ccccc2c2ccc(-c3nc(-c4ccccc4)c4ccccc4n3)cc12. The zero-order valence-electron chi connectivity index (χ0n) is 16.4. The minimum atomic E-state index is -0.361. The van der Waals surface area contributed by atoms with E-state index in [2.05, 4.69) is 0 Å². The molecule has 2 heterocycles. The third kappa shape index (κ3) is 2.89. The van der Waals surface area contributed by atoms with Crippen molar-refractivity contribution in [2.75, 3.05) is 0 Å². The van der Waals surface area contributed by atoms with Crippen LogP contribution >= 0.6 is 0 Å². The van der Waals surface area contributed by atoms with Crippen LogP contribution in [0.25, 0.3) is 55.3 Å². The van der Waals surface area contributed by atoms with Gasteiger partial charge in [0, 0.05) is 21.9 Å². The van der Waals surface area contributed by atoms with Gasteiger partial charge in [-0.25, -0.2) is 14.8 Å². The third-order valence-electron chi connectivity index (χ3n) is 5.53. The fourth-order valence-electron chi connectivity index (χ4n) is 4.04. The van der Waals surface area contributed by atoms with E-state index in [0.717, 1.165) is 38.5 Å². The maximum atomic E-state index is 12.7. The van der Waals surface area contributed by atoms with Gasteiger partial charge in [0.25, 0.3) is 0 Å². The first-order valence-corrected chi connectivity index (χ1v) is 10.1. The molecule has 0 aliphatic rings. The van der Waals surface area contributed by atoms with Crippen molar-refractivity contribution in [1.82, 2.24) is 9.97 Å². The molecule has 6 rings (SSSR count). The van der Waals surface area contributed by atoms with Gasteiger partial charge in [-0.05, 0) is 23.6 Å². The molecular weight excluding hydrogens is 384 g/mol. The standard InChI is InChI=1S/C27H16N2O2/c30-27-22-16-18(14-15-19(22)20-10-5-7-13-24(20)31-27)26-28-23-12-6-4-11-21(23)25(29-26)17-8-2-1-3-9-17/h1-16H. The highest BCUT2D eigenvalue weighted by atomic mass is 16.4. The Hall–Kier alpha value is -4.31. The molecule has 0 saturated carbocycles. The first-order valence-electron chi connectivity index (χ1n) is 10.1. The predicted octanol–water partition coefficient (Wildman–Crippen LogP) is 6.22. The van der Waals surface area contributed by atoms with E-state index in [1.54, 1.807) is 0 Å². The average molecular weight is 400 g/mol. The lowest BCUT2D eigenvalue weighted by molar-refractivity contribution is 0.569. The van der Waals surface area contributed by atoms with Crippen molar-refractivity contribution in [1.29, 1.82) is 0 Å². The van der Waals surface area contributed by atoms with Gasteiger partial charge in [-0.3, -0.25) is 0 Å². The first kappa shape index (κ1) is 17.5. The number of para-hydroxylation sites is 2. The average Bonchev–Trinajstić information content (AvgIpc) is 2.84. The molecule has 6 aromatic rings. The molecule has 0 saturated heterocycles. The van der Waals surface area contributed by atoms with Gasteiger partial charge in [0.2, 0.25) is 0 Å². The van der Waals surface area contributed by atoms with Gasteiger partial charge < -0.3 is 4.42 Å². The fourth-order valence-corrected chi connectivity index (χ4v) is 4.04. The quantitative estimate of drug-likeness (QED) is 0.256. The van der Waals surface area contributed by atoms with Crippen LogP contribution in [0.1, 0.15) is 0 Å². The van der Waals surface area contributed by atoms with E-state index in [9.17, 15) is 4.79 Å². The summed E-state index contributed by atoms with van der Waals surface area (Å²) in [5.41, 5.74) is 3.75. The van der Waals surface area contributed by atoms with Gasteiger partial charge in [-0.2, -0.15) is 0 Å². The summed E-state index contributed by atoms with van der Waals surface area (Å²) in [6.45, 7) is 0. The highest BCUT2D eigenvalue weighted by Gasteiger charge is 2.13. The summed E-state index contributed by atoms with van der Waals surface area (Å²) in [5, 5.41) is 3.28.